The minimum Gasteiger partial charge on any atom is -0.497 e. The minimum atomic E-state index is -4.37. The summed E-state index contributed by atoms with van der Waals surface area (Å²) in [5.74, 6) is 0.545. The molecule has 134 valence electrons. The summed E-state index contributed by atoms with van der Waals surface area (Å²) < 4.78 is 41.7. The first-order valence-electron chi connectivity index (χ1n) is 7.69. The predicted molar refractivity (Wildman–Crippen MR) is 82.0 cm³/mol. The summed E-state index contributed by atoms with van der Waals surface area (Å²) in [5.41, 5.74) is 0.543. The SMILES string of the molecule is COc1ccc(C(=O)N2CCN(C[C@H](O)CC(F)(F)F)CC2)cc1. The number of hydrogen-bond donors (Lipinski definition) is 1. The number of amides is 1. The molecule has 1 amide bonds. The van der Waals surface area contributed by atoms with Crippen molar-refractivity contribution in [2.75, 3.05) is 39.8 Å². The molecular weight excluding hydrogens is 325 g/mol. The molecule has 1 aliphatic heterocycles. The molecule has 1 aromatic rings. The number of piperazine rings is 1. The zero-order valence-corrected chi connectivity index (χ0v) is 13.4. The average Bonchev–Trinajstić information content (AvgIpc) is 2.53. The molecule has 0 radical (unpaired) electrons. The topological polar surface area (TPSA) is 53.0 Å². The van der Waals surface area contributed by atoms with Crippen molar-refractivity contribution in [1.82, 2.24) is 9.80 Å². The number of aliphatic hydroxyl groups is 1. The van der Waals surface area contributed by atoms with Crippen LogP contribution in [0.5, 0.6) is 5.75 Å². The third-order valence-electron chi connectivity index (χ3n) is 3.93. The molecular formula is C16H21F3N2O3. The number of ether oxygens (including phenoxy) is 1. The largest absolute Gasteiger partial charge is 0.497 e. The molecule has 1 heterocycles. The lowest BCUT2D eigenvalue weighted by Gasteiger charge is -2.35. The van der Waals surface area contributed by atoms with Gasteiger partial charge in [0.05, 0.1) is 19.6 Å². The number of nitrogens with zero attached hydrogens (tertiary/aromatic N) is 2. The average molecular weight is 346 g/mol. The number of rotatable bonds is 5. The van der Waals surface area contributed by atoms with Crippen molar-refractivity contribution in [2.45, 2.75) is 18.7 Å². The van der Waals surface area contributed by atoms with Crippen molar-refractivity contribution in [3.8, 4) is 5.75 Å². The second-order valence-corrected chi connectivity index (χ2v) is 5.79. The normalized spacial score (nSPS) is 17.6. The first-order chi connectivity index (χ1) is 11.3. The summed E-state index contributed by atoms with van der Waals surface area (Å²) in [6.45, 7) is 1.69. The molecule has 0 aliphatic carbocycles. The van der Waals surface area contributed by atoms with Gasteiger partial charge in [-0.05, 0) is 24.3 Å². The summed E-state index contributed by atoms with van der Waals surface area (Å²) in [6, 6.07) is 6.77. The fourth-order valence-corrected chi connectivity index (χ4v) is 2.68. The highest BCUT2D eigenvalue weighted by Gasteiger charge is 2.32. The quantitative estimate of drug-likeness (QED) is 0.883. The molecule has 0 spiro atoms. The number of carbonyl (C=O) groups excluding carboxylic acids is 1. The zero-order chi connectivity index (χ0) is 17.7. The molecule has 1 saturated heterocycles. The van der Waals surface area contributed by atoms with E-state index in [0.717, 1.165) is 0 Å². The van der Waals surface area contributed by atoms with Crippen molar-refractivity contribution in [3.05, 3.63) is 29.8 Å². The van der Waals surface area contributed by atoms with E-state index in [1.54, 1.807) is 41.2 Å². The van der Waals surface area contributed by atoms with Crippen molar-refractivity contribution < 1.29 is 27.8 Å². The van der Waals surface area contributed by atoms with Gasteiger partial charge in [-0.15, -0.1) is 0 Å². The van der Waals surface area contributed by atoms with Gasteiger partial charge in [0.2, 0.25) is 0 Å². The number of β-amino-alcohol motifs (C(OH)–C–C–N with tert-alkyl or cyclic N) is 1. The standard InChI is InChI=1S/C16H21F3N2O3/c1-24-14-4-2-12(3-5-14)15(23)21-8-6-20(7-9-21)11-13(22)10-16(17,18)19/h2-5,13,22H,6-11H2,1H3/t13-/m1/s1. The Kier molecular flexibility index (Phi) is 6.06. The Morgan fingerprint density at radius 1 is 1.21 bits per heavy atom. The molecule has 1 aromatic carbocycles. The van der Waals surface area contributed by atoms with Crippen LogP contribution in [0.1, 0.15) is 16.8 Å². The Hall–Kier alpha value is -1.80. The maximum Gasteiger partial charge on any atom is 0.391 e. The van der Waals surface area contributed by atoms with Crippen LogP contribution in [-0.2, 0) is 0 Å². The van der Waals surface area contributed by atoms with Gasteiger partial charge < -0.3 is 14.7 Å². The van der Waals surface area contributed by atoms with E-state index < -0.39 is 18.7 Å². The highest BCUT2D eigenvalue weighted by Crippen LogP contribution is 2.22. The Morgan fingerprint density at radius 3 is 2.29 bits per heavy atom. The van der Waals surface area contributed by atoms with Crippen molar-refractivity contribution in [2.24, 2.45) is 0 Å². The summed E-state index contributed by atoms with van der Waals surface area (Å²) >= 11 is 0. The molecule has 0 bridgehead atoms. The van der Waals surface area contributed by atoms with Gasteiger partial charge in [-0.1, -0.05) is 0 Å². The molecule has 1 fully saturated rings. The van der Waals surface area contributed by atoms with Crippen LogP contribution in [0.3, 0.4) is 0 Å². The minimum absolute atomic E-state index is 0.0376. The van der Waals surface area contributed by atoms with Crippen LogP contribution in [0, 0.1) is 0 Å². The molecule has 8 heteroatoms. The lowest BCUT2D eigenvalue weighted by molar-refractivity contribution is -0.155. The zero-order valence-electron chi connectivity index (χ0n) is 13.4. The molecule has 0 aromatic heterocycles. The Morgan fingerprint density at radius 2 is 1.79 bits per heavy atom. The maximum atomic E-state index is 12.4. The van der Waals surface area contributed by atoms with Crippen LogP contribution in [0.2, 0.25) is 0 Å². The van der Waals surface area contributed by atoms with Gasteiger partial charge in [-0.25, -0.2) is 0 Å². The van der Waals surface area contributed by atoms with Gasteiger partial charge in [-0.2, -0.15) is 13.2 Å². The van der Waals surface area contributed by atoms with Gasteiger partial charge in [0.1, 0.15) is 5.75 Å². The van der Waals surface area contributed by atoms with Gasteiger partial charge in [0, 0.05) is 38.3 Å². The fraction of sp³-hybridized carbons (Fsp3) is 0.562. The molecule has 1 atom stereocenters. The van der Waals surface area contributed by atoms with E-state index in [2.05, 4.69) is 0 Å². The Bertz CT molecular complexity index is 540. The molecule has 2 rings (SSSR count). The number of halogens is 3. The van der Waals surface area contributed by atoms with Gasteiger partial charge in [0.25, 0.3) is 5.91 Å². The van der Waals surface area contributed by atoms with Crippen LogP contribution < -0.4 is 4.74 Å². The van der Waals surface area contributed by atoms with E-state index in [0.29, 0.717) is 37.5 Å². The number of carbonyl (C=O) groups is 1. The first kappa shape index (κ1) is 18.5. The summed E-state index contributed by atoms with van der Waals surface area (Å²) in [7, 11) is 1.54. The third-order valence-corrected chi connectivity index (χ3v) is 3.93. The van der Waals surface area contributed by atoms with Crippen LogP contribution >= 0.6 is 0 Å². The van der Waals surface area contributed by atoms with Gasteiger partial charge in [0.15, 0.2) is 0 Å². The number of benzene rings is 1. The Balaban J connectivity index is 1.82. The number of hydrogen-bond acceptors (Lipinski definition) is 4. The summed E-state index contributed by atoms with van der Waals surface area (Å²) in [4.78, 5) is 15.8. The molecule has 24 heavy (non-hydrogen) atoms. The third kappa shape index (κ3) is 5.38. The van der Waals surface area contributed by atoms with Gasteiger partial charge in [-0.3, -0.25) is 9.69 Å². The molecule has 0 saturated carbocycles. The molecule has 1 aliphatic rings. The number of aliphatic hydroxyl groups excluding tert-OH is 1. The Labute approximate surface area is 138 Å². The maximum absolute atomic E-state index is 12.4. The van der Waals surface area contributed by atoms with E-state index in [4.69, 9.17) is 4.74 Å². The molecule has 1 N–H and O–H groups in total. The van der Waals surface area contributed by atoms with Crippen LogP contribution in [0.4, 0.5) is 13.2 Å². The second-order valence-electron chi connectivity index (χ2n) is 5.79. The van der Waals surface area contributed by atoms with Gasteiger partial charge >= 0.3 is 6.18 Å². The van der Waals surface area contributed by atoms with E-state index in [9.17, 15) is 23.1 Å². The van der Waals surface area contributed by atoms with E-state index >= 15 is 0 Å². The number of methoxy groups -OCH3 is 1. The predicted octanol–water partition coefficient (Wildman–Crippen LogP) is 1.77. The molecule has 0 unspecified atom stereocenters. The van der Waals surface area contributed by atoms with E-state index in [-0.39, 0.29) is 12.5 Å². The summed E-state index contributed by atoms with van der Waals surface area (Å²) in [6.07, 6.45) is -7.02. The number of alkyl halides is 3. The van der Waals surface area contributed by atoms with Crippen LogP contribution in [0.25, 0.3) is 0 Å². The fourth-order valence-electron chi connectivity index (χ4n) is 2.68. The second kappa shape index (κ2) is 7.85. The van der Waals surface area contributed by atoms with Crippen molar-refractivity contribution in [1.29, 1.82) is 0 Å². The van der Waals surface area contributed by atoms with E-state index in [1.807, 2.05) is 0 Å². The first-order valence-corrected chi connectivity index (χ1v) is 7.69. The van der Waals surface area contributed by atoms with E-state index in [1.165, 1.54) is 0 Å². The smallest absolute Gasteiger partial charge is 0.391 e. The lowest BCUT2D eigenvalue weighted by Crippen LogP contribution is -2.50. The van der Waals surface area contributed by atoms with Crippen molar-refractivity contribution >= 4 is 5.91 Å². The van der Waals surface area contributed by atoms with Crippen LogP contribution in [-0.4, -0.2) is 72.9 Å². The van der Waals surface area contributed by atoms with Crippen molar-refractivity contribution in [3.63, 3.8) is 0 Å². The monoisotopic (exact) mass is 346 g/mol. The highest BCUT2D eigenvalue weighted by atomic mass is 19.4. The van der Waals surface area contributed by atoms with Crippen LogP contribution in [0.15, 0.2) is 24.3 Å². The molecule has 5 nitrogen and oxygen atoms in total. The highest BCUT2D eigenvalue weighted by molar-refractivity contribution is 5.94. The lowest BCUT2D eigenvalue weighted by atomic mass is 10.1. The summed E-state index contributed by atoms with van der Waals surface area (Å²) in [5, 5.41) is 9.49.